The van der Waals surface area contributed by atoms with E-state index < -0.39 is 11.6 Å². The highest BCUT2D eigenvalue weighted by Crippen LogP contribution is 2.40. The van der Waals surface area contributed by atoms with Gasteiger partial charge in [0.15, 0.2) is 5.82 Å². The molecule has 2 aromatic carbocycles. The number of nitrogens with zero attached hydrogens (tertiary/aromatic N) is 5. The number of fused-ring (bicyclic) bond motifs is 3. The monoisotopic (exact) mass is 601 g/mol. The maximum Gasteiger partial charge on any atom is 0.317 e. The van der Waals surface area contributed by atoms with Gasteiger partial charge >= 0.3 is 6.01 Å². The highest BCUT2D eigenvalue weighted by molar-refractivity contribution is 6.02. The van der Waals surface area contributed by atoms with E-state index in [1.165, 1.54) is 41.7 Å². The number of nitrogens with two attached hydrogens (primary N) is 2. The number of methoxy groups -OCH3 is 1. The van der Waals surface area contributed by atoms with Crippen LogP contribution in [0.1, 0.15) is 36.9 Å². The molecular weight excluding hydrogens is 568 g/mol. The number of rotatable bonds is 9. The predicted molar refractivity (Wildman–Crippen MR) is 163 cm³/mol. The number of phenolic OH excluding ortho intramolecular Hbond substituents is 1. The van der Waals surface area contributed by atoms with Gasteiger partial charge in [-0.05, 0) is 62.4 Å². The van der Waals surface area contributed by atoms with Gasteiger partial charge in [0.25, 0.3) is 0 Å². The van der Waals surface area contributed by atoms with Gasteiger partial charge in [-0.1, -0.05) is 12.0 Å². The Morgan fingerprint density at radius 1 is 1.23 bits per heavy atom. The van der Waals surface area contributed by atoms with Crippen LogP contribution in [0.5, 0.6) is 11.8 Å². The molecule has 4 heterocycles. The van der Waals surface area contributed by atoms with Gasteiger partial charge in [-0.15, -0.1) is 6.42 Å². The van der Waals surface area contributed by atoms with Crippen molar-refractivity contribution in [1.29, 1.82) is 0 Å². The van der Waals surface area contributed by atoms with Crippen molar-refractivity contribution in [2.24, 2.45) is 11.6 Å². The van der Waals surface area contributed by atoms with Crippen LogP contribution in [0.2, 0.25) is 0 Å². The average Bonchev–Trinajstić information content (AvgIpc) is 3.59. The number of aromatic nitrogens is 3. The molecule has 0 amide bonds. The molecule has 0 saturated carbocycles. The average molecular weight is 602 g/mol. The summed E-state index contributed by atoms with van der Waals surface area (Å²) in [6.45, 7) is 3.07. The lowest BCUT2D eigenvalue weighted by molar-refractivity contribution is 0.107. The number of terminal acetylenes is 1. The number of phenols is 1. The summed E-state index contributed by atoms with van der Waals surface area (Å²) in [6.07, 6.45) is 12.7. The summed E-state index contributed by atoms with van der Waals surface area (Å²) >= 11 is 0. The Morgan fingerprint density at radius 2 is 2.00 bits per heavy atom. The van der Waals surface area contributed by atoms with E-state index in [0.29, 0.717) is 25.1 Å². The van der Waals surface area contributed by atoms with E-state index in [-0.39, 0.29) is 61.8 Å². The van der Waals surface area contributed by atoms with Gasteiger partial charge in [-0.3, -0.25) is 9.88 Å². The highest BCUT2D eigenvalue weighted by Gasteiger charge is 2.45. The van der Waals surface area contributed by atoms with Crippen molar-refractivity contribution in [2.75, 3.05) is 40.0 Å². The second-order valence-corrected chi connectivity index (χ2v) is 11.2. The molecule has 5 N–H and O–H groups in total. The predicted octanol–water partition coefficient (Wildman–Crippen LogP) is 3.90. The number of hydrogen-bond donors (Lipinski definition) is 3. The third kappa shape index (κ3) is 5.23. The van der Waals surface area contributed by atoms with E-state index in [1.54, 1.807) is 7.11 Å². The molecule has 0 bridgehead atoms. The van der Waals surface area contributed by atoms with Crippen LogP contribution in [0.25, 0.3) is 38.6 Å². The first-order valence-electron chi connectivity index (χ1n) is 14.4. The second kappa shape index (κ2) is 11.8. The van der Waals surface area contributed by atoms with Crippen LogP contribution in [0.3, 0.4) is 0 Å². The second-order valence-electron chi connectivity index (χ2n) is 11.2. The van der Waals surface area contributed by atoms with Crippen molar-refractivity contribution in [3.05, 3.63) is 59.6 Å². The fourth-order valence-electron chi connectivity index (χ4n) is 6.42. The zero-order valence-corrected chi connectivity index (χ0v) is 24.3. The molecule has 0 unspecified atom stereocenters. The minimum atomic E-state index is -0.839. The van der Waals surface area contributed by atoms with E-state index in [4.69, 9.17) is 27.5 Å². The Bertz CT molecular complexity index is 1810. The first-order chi connectivity index (χ1) is 21.2. The minimum absolute atomic E-state index is 0.0513. The summed E-state index contributed by atoms with van der Waals surface area (Å²) in [7, 11) is 1.56. The molecule has 0 spiro atoms. The Balaban J connectivity index is 1.51. The van der Waals surface area contributed by atoms with E-state index in [0.717, 1.165) is 38.8 Å². The Hall–Kier alpha value is -4.57. The third-order valence-corrected chi connectivity index (χ3v) is 8.53. The number of hydrazine groups is 1. The fraction of sp³-hybridized carbons (Fsp3) is 0.344. The van der Waals surface area contributed by atoms with Gasteiger partial charge in [0.2, 0.25) is 0 Å². The van der Waals surface area contributed by atoms with Gasteiger partial charge < -0.3 is 25.3 Å². The molecule has 10 nitrogen and oxygen atoms in total. The Morgan fingerprint density at radius 3 is 2.73 bits per heavy atom. The molecule has 2 aliphatic heterocycles. The Kier molecular flexibility index (Phi) is 7.94. The van der Waals surface area contributed by atoms with Gasteiger partial charge in [-0.2, -0.15) is 9.97 Å². The molecule has 4 aromatic rings. The molecule has 2 aliphatic rings. The minimum Gasteiger partial charge on any atom is -0.508 e. The van der Waals surface area contributed by atoms with Crippen molar-refractivity contribution in [1.82, 2.24) is 24.9 Å². The van der Waals surface area contributed by atoms with E-state index in [1.807, 2.05) is 0 Å². The largest absolute Gasteiger partial charge is 0.508 e. The molecule has 0 atom stereocenters. The van der Waals surface area contributed by atoms with E-state index in [9.17, 15) is 9.50 Å². The van der Waals surface area contributed by atoms with Crippen LogP contribution >= 0.6 is 0 Å². The zero-order valence-electron chi connectivity index (χ0n) is 24.3. The summed E-state index contributed by atoms with van der Waals surface area (Å²) in [5.41, 5.74) is 6.39. The number of hydrogen-bond acceptors (Lipinski definition) is 10. The first-order valence-corrected chi connectivity index (χ1v) is 14.4. The van der Waals surface area contributed by atoms with Crippen LogP contribution in [0, 0.1) is 24.0 Å². The Labute approximate surface area is 253 Å². The molecule has 2 saturated heterocycles. The summed E-state index contributed by atoms with van der Waals surface area (Å²) in [4.78, 5) is 15.9. The van der Waals surface area contributed by atoms with Gasteiger partial charge in [0.05, 0.1) is 30.0 Å². The summed E-state index contributed by atoms with van der Waals surface area (Å²) in [5.74, 6) is 6.76. The quantitative estimate of drug-likeness (QED) is 0.147. The normalized spacial score (nSPS) is 16.4. The molecule has 0 aliphatic carbocycles. The SMILES string of the molecule is C#Cc1c(F)ccc2cc(O)cc(-c3ncc4c(/C(N)=C/N(N)CCOC)nc(OCC56CCCN5CCC6)nc4c3F)c12. The van der Waals surface area contributed by atoms with Gasteiger partial charge in [0.1, 0.15) is 35.1 Å². The van der Waals surface area contributed by atoms with E-state index >= 15 is 4.39 Å². The van der Waals surface area contributed by atoms with Crippen LogP contribution in [0.4, 0.5) is 8.78 Å². The lowest BCUT2D eigenvalue weighted by atomic mass is 9.95. The standard InChI is InChI=1S/C32H33F2N7O3/c1-3-21-24(33)7-6-19-14-20(42)15-22(26(19)21)29-27(34)30-23(16-37-29)28(25(35)17-41(36)12-13-43-2)38-31(39-30)44-18-32-8-4-10-40(32)11-5-9-32/h1,6-7,14-17,42H,4-5,8-13,18,35-36H2,2H3/b25-17-. The number of ether oxygens (including phenoxy) is 2. The first kappa shape index (κ1) is 29.5. The highest BCUT2D eigenvalue weighted by atomic mass is 19.1. The van der Waals surface area contributed by atoms with Crippen molar-refractivity contribution in [3.63, 3.8) is 0 Å². The number of halogens is 2. The molecule has 12 heteroatoms. The van der Waals surface area contributed by atoms with Crippen molar-refractivity contribution in [2.45, 2.75) is 31.2 Å². The number of pyridine rings is 1. The summed E-state index contributed by atoms with van der Waals surface area (Å²) in [5, 5.41) is 12.7. The summed E-state index contributed by atoms with van der Waals surface area (Å²) < 4.78 is 42.6. The molecule has 2 aromatic heterocycles. The fourth-order valence-corrected chi connectivity index (χ4v) is 6.42. The molecule has 6 rings (SSSR count). The van der Waals surface area contributed by atoms with Crippen LogP contribution < -0.4 is 16.3 Å². The van der Waals surface area contributed by atoms with Crippen molar-refractivity contribution >= 4 is 27.4 Å². The zero-order chi connectivity index (χ0) is 31.0. The smallest absolute Gasteiger partial charge is 0.317 e. The maximum absolute atomic E-state index is 16.6. The molecule has 0 radical (unpaired) electrons. The maximum atomic E-state index is 16.6. The van der Waals surface area contributed by atoms with Crippen molar-refractivity contribution in [3.8, 4) is 35.4 Å². The summed E-state index contributed by atoms with van der Waals surface area (Å²) in [6, 6.07) is 5.33. The van der Waals surface area contributed by atoms with Crippen LogP contribution in [-0.2, 0) is 4.74 Å². The van der Waals surface area contributed by atoms with Gasteiger partial charge in [-0.25, -0.2) is 14.6 Å². The lowest BCUT2D eigenvalue weighted by Gasteiger charge is -2.31. The van der Waals surface area contributed by atoms with Gasteiger partial charge in [0, 0.05) is 35.8 Å². The molecule has 2 fully saturated rings. The molecule has 44 heavy (non-hydrogen) atoms. The lowest BCUT2D eigenvalue weighted by Crippen LogP contribution is -2.43. The van der Waals surface area contributed by atoms with E-state index in [2.05, 4.69) is 25.8 Å². The number of benzene rings is 2. The van der Waals surface area contributed by atoms with Crippen LogP contribution in [0.15, 0.2) is 36.7 Å². The molecular formula is C32H33F2N7O3. The number of aromatic hydroxyl groups is 1. The van der Waals surface area contributed by atoms with Crippen molar-refractivity contribution < 1.29 is 23.4 Å². The third-order valence-electron chi connectivity index (χ3n) is 8.53. The van der Waals surface area contributed by atoms with Crippen LogP contribution in [-0.4, -0.2) is 75.5 Å². The molecule has 228 valence electrons. The topological polar surface area (TPSA) is 136 Å².